The Morgan fingerprint density at radius 2 is 2.04 bits per heavy atom. The fourth-order valence-electron chi connectivity index (χ4n) is 2.24. The second-order valence-electron chi connectivity index (χ2n) is 5.44. The van der Waals surface area contributed by atoms with E-state index in [4.69, 9.17) is 16.7 Å². The lowest BCUT2D eigenvalue weighted by molar-refractivity contribution is 0.311. The third-order valence-corrected chi connectivity index (χ3v) is 3.93. The molecular formula is C18H18ClN5O. The molecule has 1 aromatic carbocycles. The summed E-state index contributed by atoms with van der Waals surface area (Å²) in [4.78, 5) is 13.0. The van der Waals surface area contributed by atoms with Crippen LogP contribution in [0.5, 0.6) is 0 Å². The predicted molar refractivity (Wildman–Crippen MR) is 100 cm³/mol. The van der Waals surface area contributed by atoms with Crippen molar-refractivity contribution in [3.05, 3.63) is 59.4 Å². The number of hydrogen-bond donors (Lipinski definition) is 3. The molecule has 0 unspecified atom stereocenters. The fourth-order valence-corrected chi connectivity index (χ4v) is 2.42. The summed E-state index contributed by atoms with van der Waals surface area (Å²) in [5, 5.41) is 15.9. The minimum absolute atomic E-state index is 0.00316. The van der Waals surface area contributed by atoms with Crippen molar-refractivity contribution in [1.82, 2.24) is 15.0 Å². The van der Waals surface area contributed by atoms with Gasteiger partial charge in [-0.15, -0.1) is 0 Å². The lowest BCUT2D eigenvalue weighted by Gasteiger charge is -2.11. The van der Waals surface area contributed by atoms with Crippen LogP contribution in [0, 0.1) is 6.92 Å². The number of pyridine rings is 1. The molecule has 128 valence electrons. The molecule has 7 heteroatoms. The molecule has 3 aromatic rings. The second kappa shape index (κ2) is 7.92. The molecule has 0 atom stereocenters. The van der Waals surface area contributed by atoms with E-state index in [0.717, 1.165) is 22.5 Å². The number of aromatic nitrogens is 3. The lowest BCUT2D eigenvalue weighted by atomic mass is 10.2. The van der Waals surface area contributed by atoms with Gasteiger partial charge in [0.2, 0.25) is 5.95 Å². The van der Waals surface area contributed by atoms with Crippen molar-refractivity contribution in [3.8, 4) is 11.3 Å². The van der Waals surface area contributed by atoms with E-state index in [1.807, 2.05) is 43.3 Å². The summed E-state index contributed by atoms with van der Waals surface area (Å²) in [7, 11) is 0. The van der Waals surface area contributed by atoms with E-state index in [2.05, 4.69) is 25.6 Å². The van der Waals surface area contributed by atoms with Gasteiger partial charge in [0.15, 0.2) is 0 Å². The van der Waals surface area contributed by atoms with Crippen LogP contribution in [0.2, 0.25) is 5.02 Å². The van der Waals surface area contributed by atoms with Crippen LogP contribution < -0.4 is 10.6 Å². The first-order chi connectivity index (χ1) is 12.2. The Balaban J connectivity index is 1.95. The number of benzene rings is 1. The number of nitrogens with one attached hydrogen (secondary N) is 2. The molecule has 6 nitrogen and oxygen atoms in total. The number of hydrogen-bond acceptors (Lipinski definition) is 6. The highest BCUT2D eigenvalue weighted by Gasteiger charge is 2.08. The van der Waals surface area contributed by atoms with Crippen LogP contribution in [0.3, 0.4) is 0 Å². The standard InChI is InChI=1S/C18H18ClN5O/c1-12-4-5-14(9-15(12)19)22-17-10-16(13-3-2-6-20-11-13)23-18(24-17)21-7-8-25/h2-6,9-11,25H,7-8H2,1H3,(H2,21,22,23,24). The SMILES string of the molecule is Cc1ccc(Nc2cc(-c3cccnc3)nc(NCCO)n2)cc1Cl. The maximum atomic E-state index is 9.02. The van der Waals surface area contributed by atoms with Gasteiger partial charge in [-0.25, -0.2) is 4.98 Å². The van der Waals surface area contributed by atoms with Gasteiger partial charge in [0, 0.05) is 41.3 Å². The van der Waals surface area contributed by atoms with E-state index in [9.17, 15) is 0 Å². The zero-order valence-corrected chi connectivity index (χ0v) is 14.5. The smallest absolute Gasteiger partial charge is 0.225 e. The number of rotatable bonds is 6. The van der Waals surface area contributed by atoms with Gasteiger partial charge in [-0.1, -0.05) is 17.7 Å². The number of aryl methyl sites for hydroxylation is 1. The van der Waals surface area contributed by atoms with Crippen LogP contribution in [-0.2, 0) is 0 Å². The molecule has 25 heavy (non-hydrogen) atoms. The first-order valence-electron chi connectivity index (χ1n) is 7.83. The number of aliphatic hydroxyl groups excluding tert-OH is 1. The van der Waals surface area contributed by atoms with Gasteiger partial charge in [-0.3, -0.25) is 4.98 Å². The fraction of sp³-hybridized carbons (Fsp3) is 0.167. The Labute approximate surface area is 150 Å². The van der Waals surface area contributed by atoms with Crippen LogP contribution in [0.4, 0.5) is 17.5 Å². The molecule has 0 saturated carbocycles. The van der Waals surface area contributed by atoms with Crippen LogP contribution in [-0.4, -0.2) is 33.2 Å². The van der Waals surface area contributed by atoms with Crippen molar-refractivity contribution >= 4 is 29.1 Å². The summed E-state index contributed by atoms with van der Waals surface area (Å²) in [5.41, 5.74) is 3.45. The second-order valence-corrected chi connectivity index (χ2v) is 5.85. The molecule has 0 radical (unpaired) electrons. The van der Waals surface area contributed by atoms with Gasteiger partial charge in [0.05, 0.1) is 12.3 Å². The largest absolute Gasteiger partial charge is 0.395 e. The first kappa shape index (κ1) is 17.1. The molecule has 0 aliphatic heterocycles. The van der Waals surface area contributed by atoms with Crippen LogP contribution in [0.15, 0.2) is 48.8 Å². The number of halogens is 1. The maximum absolute atomic E-state index is 9.02. The zero-order valence-electron chi connectivity index (χ0n) is 13.7. The molecule has 2 aromatic heterocycles. The number of nitrogens with zero attached hydrogens (tertiary/aromatic N) is 3. The minimum atomic E-state index is -0.00316. The van der Waals surface area contributed by atoms with Gasteiger partial charge in [-0.05, 0) is 36.8 Å². The minimum Gasteiger partial charge on any atom is -0.395 e. The van der Waals surface area contributed by atoms with Crippen molar-refractivity contribution < 1.29 is 5.11 Å². The molecule has 0 fully saturated rings. The molecule has 2 heterocycles. The van der Waals surface area contributed by atoms with Gasteiger partial charge >= 0.3 is 0 Å². The number of anilines is 3. The van der Waals surface area contributed by atoms with Crippen LogP contribution in [0.25, 0.3) is 11.3 Å². The first-order valence-corrected chi connectivity index (χ1v) is 8.21. The topological polar surface area (TPSA) is 83.0 Å². The summed E-state index contributed by atoms with van der Waals surface area (Å²) in [6, 6.07) is 11.4. The molecule has 0 aliphatic rings. The van der Waals surface area contributed by atoms with E-state index in [0.29, 0.717) is 23.3 Å². The Morgan fingerprint density at radius 3 is 2.76 bits per heavy atom. The highest BCUT2D eigenvalue weighted by Crippen LogP contribution is 2.25. The molecular weight excluding hydrogens is 338 g/mol. The normalized spacial score (nSPS) is 10.5. The Bertz CT molecular complexity index is 857. The summed E-state index contributed by atoms with van der Waals surface area (Å²) >= 11 is 6.19. The summed E-state index contributed by atoms with van der Waals surface area (Å²) in [6.07, 6.45) is 3.45. The molecule has 3 N–H and O–H groups in total. The third kappa shape index (κ3) is 4.43. The van der Waals surface area contributed by atoms with Gasteiger partial charge < -0.3 is 15.7 Å². The van der Waals surface area contributed by atoms with Crippen molar-refractivity contribution in [3.63, 3.8) is 0 Å². The maximum Gasteiger partial charge on any atom is 0.225 e. The molecule has 3 rings (SSSR count). The average molecular weight is 356 g/mol. The summed E-state index contributed by atoms with van der Waals surface area (Å²) in [6.45, 7) is 2.32. The quantitative estimate of drug-likeness (QED) is 0.626. The Morgan fingerprint density at radius 1 is 1.16 bits per heavy atom. The Hall–Kier alpha value is -2.70. The summed E-state index contributed by atoms with van der Waals surface area (Å²) in [5.74, 6) is 1.05. The van der Waals surface area contributed by atoms with E-state index < -0.39 is 0 Å². The monoisotopic (exact) mass is 355 g/mol. The highest BCUT2D eigenvalue weighted by atomic mass is 35.5. The predicted octanol–water partition coefficient (Wildman–Crippen LogP) is 3.65. The zero-order chi connectivity index (χ0) is 17.6. The average Bonchev–Trinajstić information content (AvgIpc) is 2.63. The number of aliphatic hydroxyl groups is 1. The third-order valence-electron chi connectivity index (χ3n) is 3.52. The van der Waals surface area contributed by atoms with E-state index in [1.54, 1.807) is 12.4 Å². The highest BCUT2D eigenvalue weighted by molar-refractivity contribution is 6.31. The van der Waals surface area contributed by atoms with Gasteiger partial charge in [0.25, 0.3) is 0 Å². The van der Waals surface area contributed by atoms with Crippen LogP contribution in [0.1, 0.15) is 5.56 Å². The van der Waals surface area contributed by atoms with Gasteiger partial charge in [0.1, 0.15) is 5.82 Å². The molecule has 0 aliphatic carbocycles. The molecule has 0 amide bonds. The van der Waals surface area contributed by atoms with E-state index in [1.165, 1.54) is 0 Å². The van der Waals surface area contributed by atoms with Gasteiger partial charge in [-0.2, -0.15) is 4.98 Å². The molecule has 0 bridgehead atoms. The van der Waals surface area contributed by atoms with Crippen molar-refractivity contribution in [2.24, 2.45) is 0 Å². The van der Waals surface area contributed by atoms with E-state index >= 15 is 0 Å². The van der Waals surface area contributed by atoms with Crippen molar-refractivity contribution in [2.45, 2.75) is 6.92 Å². The van der Waals surface area contributed by atoms with Crippen molar-refractivity contribution in [2.75, 3.05) is 23.8 Å². The van der Waals surface area contributed by atoms with E-state index in [-0.39, 0.29) is 6.61 Å². The van der Waals surface area contributed by atoms with Crippen molar-refractivity contribution in [1.29, 1.82) is 0 Å². The molecule has 0 spiro atoms. The molecule has 0 saturated heterocycles. The Kier molecular flexibility index (Phi) is 5.42. The van der Waals surface area contributed by atoms with Crippen LogP contribution >= 0.6 is 11.6 Å². The lowest BCUT2D eigenvalue weighted by Crippen LogP contribution is -2.10. The summed E-state index contributed by atoms with van der Waals surface area (Å²) < 4.78 is 0.